The van der Waals surface area contributed by atoms with E-state index in [1.807, 2.05) is 44.2 Å². The first kappa shape index (κ1) is 29.0. The van der Waals surface area contributed by atoms with E-state index in [2.05, 4.69) is 39.2 Å². The number of nitrogens with one attached hydrogen (secondary N) is 1. The van der Waals surface area contributed by atoms with Gasteiger partial charge in [-0.25, -0.2) is 4.79 Å². The molecule has 0 aliphatic heterocycles. The Balaban J connectivity index is 2.04. The molecule has 35 heavy (non-hydrogen) atoms. The second kappa shape index (κ2) is 12.2. The molecule has 0 spiro atoms. The van der Waals surface area contributed by atoms with Crippen molar-refractivity contribution in [3.8, 4) is 0 Å². The van der Waals surface area contributed by atoms with Gasteiger partial charge in [0, 0.05) is 0 Å². The Bertz CT molecular complexity index is 1050. The van der Waals surface area contributed by atoms with Crippen molar-refractivity contribution in [2.45, 2.75) is 82.8 Å². The Morgan fingerprint density at radius 1 is 1.03 bits per heavy atom. The molecule has 0 aliphatic carbocycles. The molecule has 2 rings (SSSR count). The van der Waals surface area contributed by atoms with E-state index in [0.717, 1.165) is 11.1 Å². The molecule has 2 aromatic rings. The van der Waals surface area contributed by atoms with Crippen molar-refractivity contribution in [3.05, 3.63) is 65.7 Å². The van der Waals surface area contributed by atoms with Gasteiger partial charge >= 0.3 is 6.09 Å². The van der Waals surface area contributed by atoms with Crippen LogP contribution in [0.25, 0.3) is 0 Å². The SMILES string of the molecule is Cc1ccc(S(=O)(=O)OCC[C@H](O[Si](C)(C)C(C)(C)C)C(C)NC(=O)OCc2ccccc2)cc1. The van der Waals surface area contributed by atoms with Gasteiger partial charge in [0.2, 0.25) is 0 Å². The van der Waals surface area contributed by atoms with Gasteiger partial charge in [0.15, 0.2) is 8.32 Å². The zero-order valence-corrected chi connectivity index (χ0v) is 23.6. The topological polar surface area (TPSA) is 90.9 Å². The van der Waals surface area contributed by atoms with Crippen LogP contribution in [0.4, 0.5) is 4.79 Å². The molecule has 0 saturated heterocycles. The van der Waals surface area contributed by atoms with Crippen LogP contribution in [0.1, 0.15) is 45.2 Å². The normalized spacial score (nSPS) is 14.3. The van der Waals surface area contributed by atoms with Crippen molar-refractivity contribution in [1.29, 1.82) is 0 Å². The fourth-order valence-corrected chi connectivity index (χ4v) is 5.41. The summed E-state index contributed by atoms with van der Waals surface area (Å²) in [6.45, 7) is 14.4. The second-order valence-corrected chi connectivity index (χ2v) is 16.7. The number of rotatable bonds is 11. The van der Waals surface area contributed by atoms with Crippen LogP contribution in [0.15, 0.2) is 59.5 Å². The van der Waals surface area contributed by atoms with Gasteiger partial charge in [-0.3, -0.25) is 4.18 Å². The Morgan fingerprint density at radius 3 is 2.20 bits per heavy atom. The number of benzene rings is 2. The summed E-state index contributed by atoms with van der Waals surface area (Å²) in [7, 11) is -6.11. The average Bonchev–Trinajstić information content (AvgIpc) is 2.77. The van der Waals surface area contributed by atoms with E-state index in [4.69, 9.17) is 13.3 Å². The van der Waals surface area contributed by atoms with E-state index in [0.29, 0.717) is 0 Å². The van der Waals surface area contributed by atoms with E-state index in [-0.39, 0.29) is 29.6 Å². The summed E-state index contributed by atoms with van der Waals surface area (Å²) in [5.41, 5.74) is 1.85. The molecule has 0 saturated carbocycles. The molecule has 0 bridgehead atoms. The number of carbonyl (C=O) groups is 1. The highest BCUT2D eigenvalue weighted by Gasteiger charge is 2.40. The monoisotopic (exact) mass is 521 g/mol. The lowest BCUT2D eigenvalue weighted by molar-refractivity contribution is 0.0974. The molecule has 1 N–H and O–H groups in total. The van der Waals surface area contributed by atoms with Gasteiger partial charge in [-0.05, 0) is 56.1 Å². The van der Waals surface area contributed by atoms with Crippen molar-refractivity contribution < 1.29 is 26.6 Å². The summed E-state index contributed by atoms with van der Waals surface area (Å²) in [6, 6.07) is 15.5. The molecule has 0 radical (unpaired) electrons. The van der Waals surface area contributed by atoms with Crippen molar-refractivity contribution in [2.24, 2.45) is 0 Å². The van der Waals surface area contributed by atoms with E-state index >= 15 is 0 Å². The Labute approximate surface area is 211 Å². The summed E-state index contributed by atoms with van der Waals surface area (Å²) in [4.78, 5) is 12.5. The molecule has 0 fully saturated rings. The zero-order chi connectivity index (χ0) is 26.3. The first-order valence-electron chi connectivity index (χ1n) is 11.8. The molecule has 0 aliphatic rings. The van der Waals surface area contributed by atoms with Crippen molar-refractivity contribution >= 4 is 24.5 Å². The average molecular weight is 522 g/mol. The van der Waals surface area contributed by atoms with Gasteiger partial charge in [-0.15, -0.1) is 0 Å². The standard InChI is InChI=1S/C26H39NO6SSi/c1-20-13-15-23(16-14-20)34(29,30)32-18-17-24(33-35(6,7)26(3,4)5)21(2)27-25(28)31-19-22-11-9-8-10-12-22/h8-16,21,24H,17-19H2,1-7H3,(H,27,28)/t21?,24-/m0/s1. The highest BCUT2D eigenvalue weighted by molar-refractivity contribution is 7.86. The van der Waals surface area contributed by atoms with E-state index in [1.165, 1.54) is 12.1 Å². The molecule has 0 aromatic heterocycles. The van der Waals surface area contributed by atoms with Gasteiger partial charge in [0.25, 0.3) is 10.1 Å². The smallest absolute Gasteiger partial charge is 0.407 e. The van der Waals surface area contributed by atoms with Crippen LogP contribution in [0.2, 0.25) is 18.1 Å². The molecule has 1 unspecified atom stereocenters. The third-order valence-corrected chi connectivity index (χ3v) is 12.1. The maximum Gasteiger partial charge on any atom is 0.407 e. The fourth-order valence-electron chi connectivity index (χ4n) is 3.06. The number of hydrogen-bond donors (Lipinski definition) is 1. The number of carbonyl (C=O) groups excluding carboxylic acids is 1. The van der Waals surface area contributed by atoms with E-state index in [9.17, 15) is 13.2 Å². The molecule has 1 amide bonds. The van der Waals surface area contributed by atoms with Crippen LogP contribution in [0.5, 0.6) is 0 Å². The van der Waals surface area contributed by atoms with E-state index < -0.39 is 36.7 Å². The highest BCUT2D eigenvalue weighted by Crippen LogP contribution is 2.38. The number of ether oxygens (including phenoxy) is 1. The van der Waals surface area contributed by atoms with Crippen LogP contribution in [0.3, 0.4) is 0 Å². The van der Waals surface area contributed by atoms with Gasteiger partial charge in [-0.2, -0.15) is 8.42 Å². The van der Waals surface area contributed by atoms with Crippen molar-refractivity contribution in [1.82, 2.24) is 5.32 Å². The van der Waals surface area contributed by atoms with Gasteiger partial charge in [-0.1, -0.05) is 68.8 Å². The largest absolute Gasteiger partial charge is 0.445 e. The second-order valence-electron chi connectivity index (χ2n) is 10.3. The zero-order valence-electron chi connectivity index (χ0n) is 21.8. The first-order valence-corrected chi connectivity index (χ1v) is 16.1. The minimum absolute atomic E-state index is 0.0619. The molecular weight excluding hydrogens is 482 g/mol. The molecule has 194 valence electrons. The number of amides is 1. The predicted octanol–water partition coefficient (Wildman–Crippen LogP) is 5.80. The summed E-state index contributed by atoms with van der Waals surface area (Å²) < 4.78 is 42.4. The molecular formula is C26H39NO6SSi. The molecule has 2 aromatic carbocycles. The highest BCUT2D eigenvalue weighted by atomic mass is 32.2. The van der Waals surface area contributed by atoms with Gasteiger partial charge in [0.1, 0.15) is 6.61 Å². The van der Waals surface area contributed by atoms with Crippen molar-refractivity contribution in [3.63, 3.8) is 0 Å². The fraction of sp³-hybridized carbons (Fsp3) is 0.500. The lowest BCUT2D eigenvalue weighted by Gasteiger charge is -2.41. The quantitative estimate of drug-likeness (QED) is 0.297. The summed E-state index contributed by atoms with van der Waals surface area (Å²) >= 11 is 0. The minimum Gasteiger partial charge on any atom is -0.445 e. The molecule has 2 atom stereocenters. The third kappa shape index (κ3) is 9.07. The maximum absolute atomic E-state index is 12.6. The van der Waals surface area contributed by atoms with Crippen LogP contribution in [0, 0.1) is 6.92 Å². The Hall–Kier alpha value is -2.20. The molecule has 7 nitrogen and oxygen atoms in total. The number of aryl methyl sites for hydroxylation is 1. The number of hydrogen-bond acceptors (Lipinski definition) is 6. The number of alkyl carbamates (subject to hydrolysis) is 1. The van der Waals surface area contributed by atoms with Crippen LogP contribution in [-0.2, 0) is 30.1 Å². The summed E-state index contributed by atoms with van der Waals surface area (Å²) in [6.07, 6.45) is -0.718. The lowest BCUT2D eigenvalue weighted by Crippen LogP contribution is -2.51. The Morgan fingerprint density at radius 2 is 1.63 bits per heavy atom. The Kier molecular flexibility index (Phi) is 10.1. The van der Waals surface area contributed by atoms with Crippen LogP contribution < -0.4 is 5.32 Å². The maximum atomic E-state index is 12.6. The molecule has 0 heterocycles. The van der Waals surface area contributed by atoms with Crippen molar-refractivity contribution in [2.75, 3.05) is 6.61 Å². The first-order chi connectivity index (χ1) is 16.2. The van der Waals surface area contributed by atoms with Crippen LogP contribution >= 0.6 is 0 Å². The molecule has 9 heteroatoms. The summed E-state index contributed by atoms with van der Waals surface area (Å²) in [5, 5.41) is 2.78. The minimum atomic E-state index is -3.89. The lowest BCUT2D eigenvalue weighted by atomic mass is 10.1. The summed E-state index contributed by atoms with van der Waals surface area (Å²) in [5.74, 6) is 0. The van der Waals surface area contributed by atoms with Crippen LogP contribution in [-0.4, -0.2) is 41.6 Å². The third-order valence-electron chi connectivity index (χ3n) is 6.32. The van der Waals surface area contributed by atoms with Gasteiger partial charge in [0.05, 0.1) is 23.6 Å². The predicted molar refractivity (Wildman–Crippen MR) is 140 cm³/mol. The van der Waals surface area contributed by atoms with Gasteiger partial charge < -0.3 is 14.5 Å². The van der Waals surface area contributed by atoms with E-state index in [1.54, 1.807) is 12.1 Å².